The molecule has 374 valence electrons. The van der Waals surface area contributed by atoms with E-state index in [-0.39, 0.29) is 49.0 Å². The average Bonchev–Trinajstić information content (AvgIpc) is 3.28. The molecule has 4 rings (SSSR count). The molecule has 0 radical (unpaired) electrons. The third-order valence-corrected chi connectivity index (χ3v) is 15.2. The lowest BCUT2D eigenvalue weighted by molar-refractivity contribution is -0.266. The number of carbonyl (C=O) groups excluding carboxylic acids is 4. The van der Waals surface area contributed by atoms with Crippen LogP contribution in [0.1, 0.15) is 132 Å². The highest BCUT2D eigenvalue weighted by Gasteiger charge is 2.55. The summed E-state index contributed by atoms with van der Waals surface area (Å²) in [5, 5.41) is 45.9. The van der Waals surface area contributed by atoms with Crippen LogP contribution in [0.15, 0.2) is 47.6 Å². The Bertz CT molecular complexity index is 1760. The number of piperidine rings is 1. The van der Waals surface area contributed by atoms with E-state index in [0.717, 1.165) is 12.0 Å². The van der Waals surface area contributed by atoms with Crippen LogP contribution < -0.4 is 0 Å². The molecule has 16 atom stereocenters. The standard InChI is InChI=1S/C52H83NO13/c1-31-17-13-12-14-18-32(2)42(62-9)29-39-21-19-37(7)52(61,66-39)48(58)49(59)53-24-16-15-23-51(53,8)50(60)65-43(34(4)27-38-20-22-40(54)44(28-38)63-10)30-41(55)33(3)26-36(6)46(57)47(64-11)45(56)35(5)25-31/h12-14,17-18,26,31,33-35,37-44,46-47,54-55,57,61H,15-16,19-25,27-30H2,1-11H3/b14-12+,17-13+,32-18+,36-26+/t31-,33-,34-,35-,37-,38-,39+,40+,41?,42+,43+,44+,46-,47+,51?,52-/m1/s1. The van der Waals surface area contributed by atoms with Gasteiger partial charge in [0.05, 0.1) is 30.5 Å². The van der Waals surface area contributed by atoms with E-state index >= 15 is 0 Å². The molecule has 4 N–H and O–H groups in total. The third kappa shape index (κ3) is 13.8. The number of cyclic esters (lactones) is 1. The lowest BCUT2D eigenvalue weighted by Gasteiger charge is -2.46. The monoisotopic (exact) mass is 930 g/mol. The minimum absolute atomic E-state index is 0.00779. The quantitative estimate of drug-likeness (QED) is 0.131. The van der Waals surface area contributed by atoms with E-state index in [1.807, 2.05) is 58.1 Å². The molecule has 66 heavy (non-hydrogen) atoms. The molecule has 2 bridgehead atoms. The number of ether oxygens (including phenoxy) is 5. The maximum Gasteiger partial charge on any atom is 0.332 e. The molecular formula is C52H83NO13. The van der Waals surface area contributed by atoms with Crippen LogP contribution in [0.3, 0.4) is 0 Å². The summed E-state index contributed by atoms with van der Waals surface area (Å²) in [6.45, 7) is 14.6. The Morgan fingerprint density at radius 2 is 1.55 bits per heavy atom. The molecule has 14 heteroatoms. The van der Waals surface area contributed by atoms with Gasteiger partial charge in [-0.15, -0.1) is 0 Å². The van der Waals surface area contributed by atoms with Gasteiger partial charge >= 0.3 is 5.97 Å². The summed E-state index contributed by atoms with van der Waals surface area (Å²) < 4.78 is 29.6. The van der Waals surface area contributed by atoms with Gasteiger partial charge in [-0.25, -0.2) is 4.79 Å². The third-order valence-electron chi connectivity index (χ3n) is 15.2. The number of hydrogen-bond acceptors (Lipinski definition) is 13. The molecule has 3 fully saturated rings. The summed E-state index contributed by atoms with van der Waals surface area (Å²) >= 11 is 0. The van der Waals surface area contributed by atoms with E-state index in [0.29, 0.717) is 63.4 Å². The maximum atomic E-state index is 14.7. The number of aliphatic hydroxyl groups is 4. The fourth-order valence-electron chi connectivity index (χ4n) is 10.5. The van der Waals surface area contributed by atoms with Crippen molar-refractivity contribution in [1.82, 2.24) is 4.90 Å². The van der Waals surface area contributed by atoms with E-state index < -0.39 is 89.5 Å². The number of ketones is 2. The van der Waals surface area contributed by atoms with Gasteiger partial charge in [-0.2, -0.15) is 0 Å². The second kappa shape index (κ2) is 25.0. The Kier molecular flexibility index (Phi) is 21.0. The number of Topliss-reactive ketones (excluding diaryl/α,β-unsaturated/α-hetero) is 2. The van der Waals surface area contributed by atoms with E-state index in [2.05, 4.69) is 0 Å². The van der Waals surface area contributed by atoms with Crippen molar-refractivity contribution in [2.24, 2.45) is 35.5 Å². The zero-order chi connectivity index (χ0) is 49.1. The number of carbonyl (C=O) groups is 4. The van der Waals surface area contributed by atoms with Gasteiger partial charge in [0.1, 0.15) is 23.9 Å². The van der Waals surface area contributed by atoms with E-state index in [4.69, 9.17) is 23.7 Å². The lowest BCUT2D eigenvalue weighted by atomic mass is 9.78. The topological polar surface area (TPSA) is 199 Å². The van der Waals surface area contributed by atoms with Crippen molar-refractivity contribution >= 4 is 23.4 Å². The van der Waals surface area contributed by atoms with Gasteiger partial charge in [0.2, 0.25) is 5.79 Å². The Morgan fingerprint density at radius 3 is 2.21 bits per heavy atom. The second-order valence-corrected chi connectivity index (χ2v) is 20.4. The first-order valence-electron chi connectivity index (χ1n) is 24.4. The molecule has 1 amide bonds. The van der Waals surface area contributed by atoms with Gasteiger partial charge < -0.3 is 49.0 Å². The smallest absolute Gasteiger partial charge is 0.332 e. The fourth-order valence-corrected chi connectivity index (χ4v) is 10.5. The molecule has 0 spiro atoms. The van der Waals surface area contributed by atoms with Crippen LogP contribution >= 0.6 is 0 Å². The van der Waals surface area contributed by atoms with Crippen molar-refractivity contribution in [3.05, 3.63) is 47.6 Å². The average molecular weight is 930 g/mol. The molecule has 3 heterocycles. The van der Waals surface area contributed by atoms with Crippen LogP contribution in [0.25, 0.3) is 0 Å². The zero-order valence-corrected chi connectivity index (χ0v) is 41.6. The Balaban J connectivity index is 1.73. The number of amides is 1. The maximum absolute atomic E-state index is 14.7. The lowest BCUT2D eigenvalue weighted by Crippen LogP contribution is -2.64. The first-order chi connectivity index (χ1) is 31.1. The SMILES string of the molecule is CO[C@H]1C[C@@H]2CC[C@@H](C)[C@@](O)(O2)C(=O)C(=O)N2CCCCC2(C)C(=O)O[C@H]([C@H](C)C[C@H]2CC[C@H](O)[C@@H](OC)C2)CC(O)[C@H](C)/C=C(\C)[C@@H](O)[C@@H](OC)C(=O)[C@H](C)C[C@H](C)/C=C/C=C/C=C/1C. The summed E-state index contributed by atoms with van der Waals surface area (Å²) in [5.41, 5.74) is -0.247. The summed E-state index contributed by atoms with van der Waals surface area (Å²) in [6, 6.07) is 0. The largest absolute Gasteiger partial charge is 0.460 e. The first kappa shape index (κ1) is 55.5. The summed E-state index contributed by atoms with van der Waals surface area (Å²) in [6.07, 6.45) is 10.7. The van der Waals surface area contributed by atoms with Crippen LogP contribution in [0.4, 0.5) is 0 Å². The minimum Gasteiger partial charge on any atom is -0.460 e. The number of hydrogen-bond donors (Lipinski definition) is 4. The van der Waals surface area contributed by atoms with Crippen LogP contribution in [0, 0.1) is 35.5 Å². The molecule has 0 aromatic heterocycles. The van der Waals surface area contributed by atoms with Crippen molar-refractivity contribution in [3.8, 4) is 0 Å². The second-order valence-electron chi connectivity index (χ2n) is 20.4. The Hall–Kier alpha value is -3.08. The van der Waals surface area contributed by atoms with Crippen molar-refractivity contribution < 1.29 is 63.3 Å². The van der Waals surface area contributed by atoms with Crippen molar-refractivity contribution in [1.29, 1.82) is 0 Å². The number of fused-ring (bicyclic) bond motifs is 3. The zero-order valence-electron chi connectivity index (χ0n) is 41.6. The van der Waals surface area contributed by atoms with Crippen LogP contribution in [-0.4, -0.2) is 137 Å². The minimum atomic E-state index is -2.43. The van der Waals surface area contributed by atoms with Gasteiger partial charge in [-0.3, -0.25) is 14.4 Å². The predicted octanol–water partition coefficient (Wildman–Crippen LogP) is 6.36. The van der Waals surface area contributed by atoms with E-state index in [1.54, 1.807) is 48.0 Å². The van der Waals surface area contributed by atoms with Crippen molar-refractivity contribution in [3.63, 3.8) is 0 Å². The normalized spacial score (nSPS) is 42.2. The number of methoxy groups -OCH3 is 3. The predicted molar refractivity (Wildman–Crippen MR) is 251 cm³/mol. The highest BCUT2D eigenvalue weighted by molar-refractivity contribution is 6.39. The van der Waals surface area contributed by atoms with E-state index in [9.17, 15) is 39.6 Å². The molecule has 3 aliphatic heterocycles. The van der Waals surface area contributed by atoms with Crippen molar-refractivity contribution in [2.45, 2.75) is 193 Å². The van der Waals surface area contributed by atoms with Crippen molar-refractivity contribution in [2.75, 3.05) is 27.9 Å². The summed E-state index contributed by atoms with van der Waals surface area (Å²) in [7, 11) is 4.56. The van der Waals surface area contributed by atoms with Crippen LogP contribution in [0.5, 0.6) is 0 Å². The van der Waals surface area contributed by atoms with Crippen LogP contribution in [-0.2, 0) is 42.9 Å². The van der Waals surface area contributed by atoms with Gasteiger partial charge in [0, 0.05) is 58.5 Å². The Labute approximate surface area is 394 Å². The van der Waals surface area contributed by atoms with Gasteiger partial charge in [-0.1, -0.05) is 71.1 Å². The number of rotatable bonds is 6. The molecule has 2 saturated heterocycles. The number of allylic oxidation sites excluding steroid dienone is 5. The fraction of sp³-hybridized carbons (Fsp3) is 0.769. The molecule has 14 nitrogen and oxygen atoms in total. The summed E-state index contributed by atoms with van der Waals surface area (Å²) in [4.78, 5) is 58.5. The van der Waals surface area contributed by atoms with Crippen LogP contribution in [0.2, 0.25) is 0 Å². The molecule has 0 aromatic rings. The van der Waals surface area contributed by atoms with E-state index in [1.165, 1.54) is 12.0 Å². The van der Waals surface area contributed by atoms with Gasteiger partial charge in [0.15, 0.2) is 5.78 Å². The highest BCUT2D eigenvalue weighted by atomic mass is 16.6. The number of aliphatic hydroxyl groups excluding tert-OH is 3. The molecule has 2 unspecified atom stereocenters. The van der Waals surface area contributed by atoms with Gasteiger partial charge in [-0.05, 0) is 114 Å². The molecule has 0 aromatic carbocycles. The molecule has 1 saturated carbocycles. The molecular weight excluding hydrogens is 847 g/mol. The first-order valence-corrected chi connectivity index (χ1v) is 24.4. The molecule has 1 aliphatic carbocycles. The number of nitrogens with zero attached hydrogens (tertiary/aromatic N) is 1. The van der Waals surface area contributed by atoms with Gasteiger partial charge in [0.25, 0.3) is 11.7 Å². The highest BCUT2D eigenvalue weighted by Crippen LogP contribution is 2.39. The Morgan fingerprint density at radius 1 is 0.833 bits per heavy atom. The summed E-state index contributed by atoms with van der Waals surface area (Å²) in [5.74, 6) is -7.36. The molecule has 4 aliphatic rings. The number of esters is 1.